The quantitative estimate of drug-likeness (QED) is 0.747. The molecule has 1 amide bonds. The van der Waals surface area contributed by atoms with Gasteiger partial charge in [-0.2, -0.15) is 5.26 Å². The highest BCUT2D eigenvalue weighted by molar-refractivity contribution is 5.95. The second-order valence-electron chi connectivity index (χ2n) is 6.66. The maximum absolute atomic E-state index is 12.2. The second kappa shape index (κ2) is 9.00. The van der Waals surface area contributed by atoms with Crippen molar-refractivity contribution in [1.29, 1.82) is 5.26 Å². The molecule has 0 unspecified atom stereocenters. The summed E-state index contributed by atoms with van der Waals surface area (Å²) in [6, 6.07) is 9.20. The molecule has 2 N–H and O–H groups in total. The zero-order chi connectivity index (χ0) is 20.8. The average Bonchev–Trinajstić information content (AvgIpc) is 2.61. The summed E-state index contributed by atoms with van der Waals surface area (Å²) < 4.78 is 5.21. The molecule has 1 aromatic carbocycles. The number of carbonyl (C=O) groups excluding carboxylic acids is 2. The summed E-state index contributed by atoms with van der Waals surface area (Å²) in [7, 11) is 0. The average molecular weight is 381 g/mol. The topological polar surface area (TPSA) is 112 Å². The maximum Gasteiger partial charge on any atom is 0.306 e. The number of esters is 1. The summed E-state index contributed by atoms with van der Waals surface area (Å²) in [5.41, 5.74) is 3.14. The van der Waals surface area contributed by atoms with Gasteiger partial charge in [0.2, 0.25) is 0 Å². The van der Waals surface area contributed by atoms with Crippen LogP contribution >= 0.6 is 0 Å². The van der Waals surface area contributed by atoms with Crippen LogP contribution in [-0.4, -0.2) is 23.0 Å². The Kier molecular flexibility index (Phi) is 6.72. The van der Waals surface area contributed by atoms with Gasteiger partial charge in [-0.15, -0.1) is 0 Å². The molecule has 0 fully saturated rings. The van der Waals surface area contributed by atoms with Crippen LogP contribution in [0.25, 0.3) is 0 Å². The SMILES string of the molecule is Cc1cccc(NC(=O)[C@H](C)OC(=O)CCc2c(C)[nH]c(=O)c(C#N)c2C)c1. The van der Waals surface area contributed by atoms with E-state index in [1.54, 1.807) is 19.9 Å². The lowest BCUT2D eigenvalue weighted by atomic mass is 9.99. The number of nitrogens with zero attached hydrogens (tertiary/aromatic N) is 1. The Balaban J connectivity index is 1.96. The van der Waals surface area contributed by atoms with Gasteiger partial charge < -0.3 is 15.0 Å². The largest absolute Gasteiger partial charge is 0.453 e. The molecule has 0 aliphatic carbocycles. The molecule has 0 saturated carbocycles. The lowest BCUT2D eigenvalue weighted by Crippen LogP contribution is -2.30. The smallest absolute Gasteiger partial charge is 0.306 e. The Morgan fingerprint density at radius 1 is 1.29 bits per heavy atom. The predicted octanol–water partition coefficient (Wildman–Crippen LogP) is 2.67. The van der Waals surface area contributed by atoms with Crippen molar-refractivity contribution >= 4 is 17.6 Å². The Hall–Kier alpha value is -3.40. The molecule has 146 valence electrons. The van der Waals surface area contributed by atoms with E-state index in [1.807, 2.05) is 31.2 Å². The van der Waals surface area contributed by atoms with Crippen LogP contribution in [0, 0.1) is 32.1 Å². The number of pyridine rings is 1. The van der Waals surface area contributed by atoms with Crippen molar-refractivity contribution in [1.82, 2.24) is 4.98 Å². The molecule has 1 aromatic heterocycles. The number of aryl methyl sites for hydroxylation is 2. The van der Waals surface area contributed by atoms with Crippen LogP contribution in [0.2, 0.25) is 0 Å². The molecular weight excluding hydrogens is 358 g/mol. The lowest BCUT2D eigenvalue weighted by Gasteiger charge is -2.15. The number of aromatic nitrogens is 1. The minimum Gasteiger partial charge on any atom is -0.453 e. The van der Waals surface area contributed by atoms with E-state index in [2.05, 4.69) is 10.3 Å². The lowest BCUT2D eigenvalue weighted by molar-refractivity contribution is -0.153. The molecule has 2 rings (SSSR count). The number of benzene rings is 1. The molecule has 7 nitrogen and oxygen atoms in total. The molecule has 1 atom stereocenters. The molecule has 1 heterocycles. The van der Waals surface area contributed by atoms with Crippen molar-refractivity contribution in [3.05, 3.63) is 62.6 Å². The number of carbonyl (C=O) groups is 2. The van der Waals surface area contributed by atoms with Crippen LogP contribution in [0.3, 0.4) is 0 Å². The molecule has 0 aliphatic rings. The van der Waals surface area contributed by atoms with Gasteiger partial charge in [0.1, 0.15) is 11.6 Å². The maximum atomic E-state index is 12.2. The van der Waals surface area contributed by atoms with Crippen molar-refractivity contribution < 1.29 is 14.3 Å². The predicted molar refractivity (Wildman–Crippen MR) is 105 cm³/mol. The number of hydrogen-bond donors (Lipinski definition) is 2. The zero-order valence-corrected chi connectivity index (χ0v) is 16.4. The van der Waals surface area contributed by atoms with Gasteiger partial charge in [-0.1, -0.05) is 12.1 Å². The standard InChI is InChI=1S/C21H23N3O4/c1-12-6-5-7-16(10-12)24-20(26)15(4)28-19(25)9-8-17-13(2)18(11-22)21(27)23-14(17)3/h5-7,10,15H,8-9H2,1-4H3,(H,23,27)(H,24,26)/t15-/m0/s1. The highest BCUT2D eigenvalue weighted by Gasteiger charge is 2.19. The minimum absolute atomic E-state index is 0.0284. The summed E-state index contributed by atoms with van der Waals surface area (Å²) >= 11 is 0. The summed E-state index contributed by atoms with van der Waals surface area (Å²) in [5.74, 6) is -0.947. The number of nitrogens with one attached hydrogen (secondary N) is 2. The first-order chi connectivity index (χ1) is 13.2. The third-order valence-electron chi connectivity index (χ3n) is 4.46. The number of anilines is 1. The molecule has 0 bridgehead atoms. The first-order valence-corrected chi connectivity index (χ1v) is 8.92. The third-order valence-corrected chi connectivity index (χ3v) is 4.46. The monoisotopic (exact) mass is 381 g/mol. The highest BCUT2D eigenvalue weighted by Crippen LogP contribution is 2.16. The zero-order valence-electron chi connectivity index (χ0n) is 16.4. The number of aromatic amines is 1. The van der Waals surface area contributed by atoms with Crippen LogP contribution in [0.1, 0.15) is 41.3 Å². The van der Waals surface area contributed by atoms with Gasteiger partial charge in [0, 0.05) is 17.8 Å². The highest BCUT2D eigenvalue weighted by atomic mass is 16.5. The molecule has 7 heteroatoms. The first kappa shape index (κ1) is 20.9. The van der Waals surface area contributed by atoms with Crippen molar-refractivity contribution in [2.45, 2.75) is 46.6 Å². The van der Waals surface area contributed by atoms with E-state index in [1.165, 1.54) is 6.92 Å². The summed E-state index contributed by atoms with van der Waals surface area (Å²) in [4.78, 5) is 38.7. The van der Waals surface area contributed by atoms with Gasteiger partial charge in [0.25, 0.3) is 11.5 Å². The van der Waals surface area contributed by atoms with E-state index in [0.29, 0.717) is 23.4 Å². The van der Waals surface area contributed by atoms with Crippen LogP contribution < -0.4 is 10.9 Å². The van der Waals surface area contributed by atoms with Gasteiger partial charge in [0.05, 0.1) is 0 Å². The fraction of sp³-hybridized carbons (Fsp3) is 0.333. The fourth-order valence-electron chi connectivity index (χ4n) is 2.92. The van der Waals surface area contributed by atoms with Crippen LogP contribution in [0.15, 0.2) is 29.1 Å². The van der Waals surface area contributed by atoms with Gasteiger partial charge in [0.15, 0.2) is 6.10 Å². The van der Waals surface area contributed by atoms with Crippen molar-refractivity contribution in [3.63, 3.8) is 0 Å². The fourth-order valence-corrected chi connectivity index (χ4v) is 2.92. The van der Waals surface area contributed by atoms with Crippen LogP contribution in [0.4, 0.5) is 5.69 Å². The normalized spacial score (nSPS) is 11.4. The molecule has 0 aliphatic heterocycles. The summed E-state index contributed by atoms with van der Waals surface area (Å²) in [6.07, 6.45) is -0.616. The number of nitriles is 1. The Bertz CT molecular complexity index is 1000. The van der Waals surface area contributed by atoms with Gasteiger partial charge in [-0.3, -0.25) is 14.4 Å². The minimum atomic E-state index is -0.944. The van der Waals surface area contributed by atoms with E-state index in [0.717, 1.165) is 11.1 Å². The van der Waals surface area contributed by atoms with Gasteiger partial charge in [-0.05, 0) is 62.9 Å². The van der Waals surface area contributed by atoms with E-state index in [-0.39, 0.29) is 12.0 Å². The van der Waals surface area contributed by atoms with Gasteiger partial charge in [-0.25, -0.2) is 0 Å². The van der Waals surface area contributed by atoms with E-state index < -0.39 is 23.5 Å². The Labute approximate surface area is 163 Å². The number of hydrogen-bond acceptors (Lipinski definition) is 5. The van der Waals surface area contributed by atoms with E-state index >= 15 is 0 Å². The number of amides is 1. The first-order valence-electron chi connectivity index (χ1n) is 8.92. The summed E-state index contributed by atoms with van der Waals surface area (Å²) in [6.45, 7) is 6.82. The molecule has 28 heavy (non-hydrogen) atoms. The Morgan fingerprint density at radius 2 is 2.00 bits per heavy atom. The molecule has 0 radical (unpaired) electrons. The number of rotatable bonds is 6. The molecular formula is C21H23N3O4. The number of H-pyrrole nitrogens is 1. The summed E-state index contributed by atoms with van der Waals surface area (Å²) in [5, 5.41) is 11.8. The van der Waals surface area contributed by atoms with E-state index in [4.69, 9.17) is 10.00 Å². The van der Waals surface area contributed by atoms with Gasteiger partial charge >= 0.3 is 5.97 Å². The third kappa shape index (κ3) is 5.07. The second-order valence-corrected chi connectivity index (χ2v) is 6.66. The van der Waals surface area contributed by atoms with Crippen molar-refractivity contribution in [3.8, 4) is 6.07 Å². The number of ether oxygens (including phenoxy) is 1. The van der Waals surface area contributed by atoms with Crippen LogP contribution in [-0.2, 0) is 20.7 Å². The van der Waals surface area contributed by atoms with Crippen molar-refractivity contribution in [2.24, 2.45) is 0 Å². The van der Waals surface area contributed by atoms with Crippen molar-refractivity contribution in [2.75, 3.05) is 5.32 Å². The molecule has 0 spiro atoms. The molecule has 2 aromatic rings. The van der Waals surface area contributed by atoms with E-state index in [9.17, 15) is 14.4 Å². The Morgan fingerprint density at radius 3 is 2.64 bits per heavy atom. The van der Waals surface area contributed by atoms with Crippen LogP contribution in [0.5, 0.6) is 0 Å². The molecule has 0 saturated heterocycles.